The molecular weight excluding hydrogens is 262 g/mol. The lowest BCUT2D eigenvalue weighted by molar-refractivity contribution is 0.519. The summed E-state index contributed by atoms with van der Waals surface area (Å²) in [6, 6.07) is 6.12. The molecule has 1 fully saturated rings. The van der Waals surface area contributed by atoms with Crippen LogP contribution in [0.1, 0.15) is 31.2 Å². The molecule has 19 heavy (non-hydrogen) atoms. The van der Waals surface area contributed by atoms with E-state index >= 15 is 0 Å². The van der Waals surface area contributed by atoms with Gasteiger partial charge in [-0.3, -0.25) is 0 Å². The summed E-state index contributed by atoms with van der Waals surface area (Å²) in [6.07, 6.45) is 4.46. The Bertz CT molecular complexity index is 599. The maximum absolute atomic E-state index is 12.2. The number of nitrogen functional groups attached to an aromatic ring is 1. The zero-order valence-electron chi connectivity index (χ0n) is 10.6. The molecule has 0 aliphatic heterocycles. The number of benzene rings is 1. The molecule has 0 heterocycles. The third-order valence-corrected chi connectivity index (χ3v) is 4.93. The molecule has 5 nitrogen and oxygen atoms in total. The highest BCUT2D eigenvalue weighted by atomic mass is 32.2. The van der Waals surface area contributed by atoms with Gasteiger partial charge >= 0.3 is 0 Å². The maximum Gasteiger partial charge on any atom is 0.241 e. The van der Waals surface area contributed by atoms with Crippen LogP contribution < -0.4 is 10.5 Å². The lowest BCUT2D eigenvalue weighted by Crippen LogP contribution is -2.29. The first kappa shape index (κ1) is 13.8. The maximum atomic E-state index is 12.2. The highest BCUT2D eigenvalue weighted by molar-refractivity contribution is 7.89. The molecule has 0 saturated heterocycles. The molecule has 3 N–H and O–H groups in total. The molecule has 6 heteroatoms. The molecule has 0 unspecified atom stereocenters. The second-order valence-electron chi connectivity index (χ2n) is 4.87. The van der Waals surface area contributed by atoms with Crippen molar-refractivity contribution in [3.05, 3.63) is 23.8 Å². The zero-order chi connectivity index (χ0) is 13.9. The minimum atomic E-state index is -3.64. The van der Waals surface area contributed by atoms with Crippen molar-refractivity contribution in [3.8, 4) is 6.07 Å². The van der Waals surface area contributed by atoms with Crippen LogP contribution in [0.2, 0.25) is 0 Å². The minimum absolute atomic E-state index is 0.00203. The van der Waals surface area contributed by atoms with E-state index in [1.165, 1.54) is 18.2 Å². The van der Waals surface area contributed by atoms with Crippen LogP contribution in [0.15, 0.2) is 23.1 Å². The Hall–Kier alpha value is -1.58. The topological polar surface area (TPSA) is 96.0 Å². The zero-order valence-corrected chi connectivity index (χ0v) is 11.4. The molecule has 0 aromatic heterocycles. The van der Waals surface area contributed by atoms with Crippen molar-refractivity contribution >= 4 is 15.7 Å². The van der Waals surface area contributed by atoms with Gasteiger partial charge in [-0.15, -0.1) is 0 Å². The summed E-state index contributed by atoms with van der Waals surface area (Å²) >= 11 is 0. The number of nitriles is 1. The quantitative estimate of drug-likeness (QED) is 0.818. The molecular formula is C13H17N3O2S. The Morgan fingerprint density at radius 3 is 2.68 bits per heavy atom. The summed E-state index contributed by atoms with van der Waals surface area (Å²) in [5.74, 6) is 0.411. The fourth-order valence-electron chi connectivity index (χ4n) is 2.39. The molecule has 0 amide bonds. The van der Waals surface area contributed by atoms with Crippen LogP contribution in [-0.2, 0) is 10.0 Å². The summed E-state index contributed by atoms with van der Waals surface area (Å²) in [5.41, 5.74) is 6.02. The van der Waals surface area contributed by atoms with Gasteiger partial charge in [0.05, 0.1) is 10.5 Å². The molecule has 0 bridgehead atoms. The van der Waals surface area contributed by atoms with Crippen molar-refractivity contribution in [1.82, 2.24) is 4.72 Å². The van der Waals surface area contributed by atoms with Crippen LogP contribution >= 0.6 is 0 Å². The SMILES string of the molecule is N#Cc1cc(N)ccc1S(=O)(=O)NCC1CCCC1. The molecule has 0 spiro atoms. The second-order valence-corrected chi connectivity index (χ2v) is 6.61. The van der Waals surface area contributed by atoms with E-state index in [9.17, 15) is 8.42 Å². The second kappa shape index (κ2) is 5.59. The van der Waals surface area contributed by atoms with Crippen LogP contribution in [0, 0.1) is 17.2 Å². The molecule has 2 rings (SSSR count). The van der Waals surface area contributed by atoms with E-state index in [0.29, 0.717) is 18.2 Å². The Kier molecular flexibility index (Phi) is 4.08. The average Bonchev–Trinajstić information content (AvgIpc) is 2.89. The van der Waals surface area contributed by atoms with Crippen molar-refractivity contribution in [2.45, 2.75) is 30.6 Å². The van der Waals surface area contributed by atoms with E-state index in [1.807, 2.05) is 6.07 Å². The number of sulfonamides is 1. The Balaban J connectivity index is 2.17. The highest BCUT2D eigenvalue weighted by Gasteiger charge is 2.22. The van der Waals surface area contributed by atoms with Gasteiger partial charge in [0, 0.05) is 12.2 Å². The fraction of sp³-hybridized carbons (Fsp3) is 0.462. The Morgan fingerprint density at radius 2 is 2.05 bits per heavy atom. The van der Waals surface area contributed by atoms with Gasteiger partial charge in [0.2, 0.25) is 10.0 Å². The van der Waals surface area contributed by atoms with Crippen molar-refractivity contribution in [3.63, 3.8) is 0 Å². The highest BCUT2D eigenvalue weighted by Crippen LogP contribution is 2.25. The van der Waals surface area contributed by atoms with E-state index in [0.717, 1.165) is 25.7 Å². The van der Waals surface area contributed by atoms with Gasteiger partial charge in [0.15, 0.2) is 0 Å². The number of nitrogens with zero attached hydrogens (tertiary/aromatic N) is 1. The van der Waals surface area contributed by atoms with Gasteiger partial charge < -0.3 is 5.73 Å². The van der Waals surface area contributed by atoms with Gasteiger partial charge in [-0.05, 0) is 37.0 Å². The predicted octanol–water partition coefficient (Wildman–Crippen LogP) is 1.61. The van der Waals surface area contributed by atoms with E-state index in [2.05, 4.69) is 4.72 Å². The van der Waals surface area contributed by atoms with E-state index in [1.54, 1.807) is 0 Å². The molecule has 102 valence electrons. The third-order valence-electron chi connectivity index (χ3n) is 3.45. The van der Waals surface area contributed by atoms with E-state index < -0.39 is 10.0 Å². The van der Waals surface area contributed by atoms with Crippen LogP contribution in [-0.4, -0.2) is 15.0 Å². The van der Waals surface area contributed by atoms with Crippen molar-refractivity contribution in [2.24, 2.45) is 5.92 Å². The summed E-state index contributed by atoms with van der Waals surface area (Å²) < 4.78 is 26.9. The first-order chi connectivity index (χ1) is 9.03. The summed E-state index contributed by atoms with van der Waals surface area (Å²) in [4.78, 5) is 0.00203. The number of hydrogen-bond donors (Lipinski definition) is 2. The van der Waals surface area contributed by atoms with Crippen molar-refractivity contribution in [1.29, 1.82) is 5.26 Å². The lowest BCUT2D eigenvalue weighted by Gasteiger charge is -2.12. The van der Waals surface area contributed by atoms with Gasteiger partial charge in [0.25, 0.3) is 0 Å². The van der Waals surface area contributed by atoms with Gasteiger partial charge in [-0.25, -0.2) is 13.1 Å². The van der Waals surface area contributed by atoms with Crippen LogP contribution in [0.5, 0.6) is 0 Å². The molecule has 1 aliphatic rings. The van der Waals surface area contributed by atoms with Crippen molar-refractivity contribution in [2.75, 3.05) is 12.3 Å². The van der Waals surface area contributed by atoms with Gasteiger partial charge in [0.1, 0.15) is 6.07 Å². The van der Waals surface area contributed by atoms with Crippen LogP contribution in [0.25, 0.3) is 0 Å². The van der Waals surface area contributed by atoms with Gasteiger partial charge in [-0.2, -0.15) is 5.26 Å². The normalized spacial score (nSPS) is 16.4. The molecule has 1 saturated carbocycles. The van der Waals surface area contributed by atoms with Crippen LogP contribution in [0.4, 0.5) is 5.69 Å². The number of rotatable bonds is 4. The number of anilines is 1. The standard InChI is InChI=1S/C13H17N3O2S/c14-8-11-7-12(15)5-6-13(11)19(17,18)16-9-10-3-1-2-4-10/h5-7,10,16H,1-4,9,15H2. The smallest absolute Gasteiger partial charge is 0.241 e. The summed E-state index contributed by atoms with van der Waals surface area (Å²) in [6.45, 7) is 0.442. The Labute approximate surface area is 113 Å². The first-order valence-corrected chi connectivity index (χ1v) is 7.80. The van der Waals surface area contributed by atoms with Crippen molar-refractivity contribution < 1.29 is 8.42 Å². The summed E-state index contributed by atoms with van der Waals surface area (Å²) in [7, 11) is -3.64. The van der Waals surface area contributed by atoms with Crippen LogP contribution in [0.3, 0.4) is 0 Å². The molecule has 1 aromatic rings. The molecule has 0 atom stereocenters. The average molecular weight is 279 g/mol. The van der Waals surface area contributed by atoms with E-state index in [4.69, 9.17) is 11.0 Å². The summed E-state index contributed by atoms with van der Waals surface area (Å²) in [5, 5.41) is 8.99. The lowest BCUT2D eigenvalue weighted by atomic mass is 10.1. The van der Waals surface area contributed by atoms with E-state index in [-0.39, 0.29) is 10.5 Å². The minimum Gasteiger partial charge on any atom is -0.399 e. The number of nitrogens with one attached hydrogen (secondary N) is 1. The predicted molar refractivity (Wildman–Crippen MR) is 72.7 cm³/mol. The van der Waals surface area contributed by atoms with Gasteiger partial charge in [-0.1, -0.05) is 12.8 Å². The molecule has 0 radical (unpaired) electrons. The number of hydrogen-bond acceptors (Lipinski definition) is 4. The number of nitrogens with two attached hydrogens (primary N) is 1. The monoisotopic (exact) mass is 279 g/mol. The third kappa shape index (κ3) is 3.25. The molecule has 1 aliphatic carbocycles. The first-order valence-electron chi connectivity index (χ1n) is 6.32. The fourth-order valence-corrected chi connectivity index (χ4v) is 3.64. The largest absolute Gasteiger partial charge is 0.399 e. The molecule has 1 aromatic carbocycles. The Morgan fingerprint density at radius 1 is 1.37 bits per heavy atom.